The van der Waals surface area contributed by atoms with E-state index in [0.29, 0.717) is 10.6 Å². The Bertz CT molecular complexity index is 691. The molecule has 1 saturated heterocycles. The topological polar surface area (TPSA) is 108 Å². The fourth-order valence-electron chi connectivity index (χ4n) is 2.34. The highest BCUT2D eigenvalue weighted by Gasteiger charge is 2.48. The molecule has 24 heavy (non-hydrogen) atoms. The van der Waals surface area contributed by atoms with Gasteiger partial charge in [-0.05, 0) is 24.6 Å². The van der Waals surface area contributed by atoms with Crippen LogP contribution in [0.1, 0.15) is 18.9 Å². The maximum absolute atomic E-state index is 12.6. The molecule has 6 amide bonds. The molecule has 1 atom stereocenters. The van der Waals surface area contributed by atoms with Gasteiger partial charge in [0.05, 0.1) is 0 Å². The Hall–Kier alpha value is -2.61. The van der Waals surface area contributed by atoms with Gasteiger partial charge in [0.2, 0.25) is 5.91 Å². The summed E-state index contributed by atoms with van der Waals surface area (Å²) in [5.41, 5.74) is -0.638. The van der Waals surface area contributed by atoms with Gasteiger partial charge >= 0.3 is 12.1 Å². The Morgan fingerprint density at radius 3 is 2.46 bits per heavy atom. The third kappa shape index (κ3) is 3.48. The summed E-state index contributed by atoms with van der Waals surface area (Å²) in [6.07, 6.45) is -0.177. The number of amides is 6. The lowest BCUT2D eigenvalue weighted by Gasteiger charge is -2.22. The molecule has 9 heteroatoms. The first-order valence-corrected chi connectivity index (χ1v) is 7.57. The van der Waals surface area contributed by atoms with Crippen molar-refractivity contribution in [3.63, 3.8) is 0 Å². The number of rotatable bonds is 4. The van der Waals surface area contributed by atoms with Gasteiger partial charge in [0.1, 0.15) is 5.54 Å². The first kappa shape index (κ1) is 17.7. The van der Waals surface area contributed by atoms with Crippen LogP contribution < -0.4 is 16.0 Å². The largest absolute Gasteiger partial charge is 0.341 e. The predicted octanol–water partition coefficient (Wildman–Crippen LogP) is 0.953. The first-order valence-electron chi connectivity index (χ1n) is 7.19. The highest BCUT2D eigenvalue weighted by atomic mass is 35.5. The van der Waals surface area contributed by atoms with Crippen molar-refractivity contribution in [2.75, 3.05) is 13.6 Å². The minimum atomic E-state index is -1.22. The van der Waals surface area contributed by atoms with Crippen LogP contribution in [0.25, 0.3) is 0 Å². The molecule has 1 aliphatic heterocycles. The molecule has 0 spiro atoms. The van der Waals surface area contributed by atoms with E-state index >= 15 is 0 Å². The van der Waals surface area contributed by atoms with Crippen LogP contribution in [-0.2, 0) is 15.1 Å². The van der Waals surface area contributed by atoms with E-state index in [1.165, 1.54) is 7.05 Å². The van der Waals surface area contributed by atoms with E-state index in [0.717, 1.165) is 4.90 Å². The van der Waals surface area contributed by atoms with E-state index in [1.54, 1.807) is 31.2 Å². The standard InChI is InChI=1S/C15H17ClN4O4/c1-15(9-3-5-10(16)6-4-9)12(22)20(14(24)19-15)8-7-11(21)18-13(23)17-2/h3-6H,7-8H2,1-2H3,(H,19,24)(H2,17,18,21,23)/t15-/m0/s1. The summed E-state index contributed by atoms with van der Waals surface area (Å²) in [6, 6.07) is 5.32. The maximum atomic E-state index is 12.6. The quantitative estimate of drug-likeness (QED) is 0.701. The summed E-state index contributed by atoms with van der Waals surface area (Å²) in [5.74, 6) is -1.06. The van der Waals surface area contributed by atoms with Gasteiger partial charge in [-0.25, -0.2) is 9.59 Å². The number of halogens is 1. The first-order chi connectivity index (χ1) is 11.3. The summed E-state index contributed by atoms with van der Waals surface area (Å²) >= 11 is 5.84. The Labute approximate surface area is 143 Å². The number of hydrogen-bond acceptors (Lipinski definition) is 4. The number of nitrogens with zero attached hydrogens (tertiary/aromatic N) is 1. The summed E-state index contributed by atoms with van der Waals surface area (Å²) in [4.78, 5) is 48.3. The van der Waals surface area contributed by atoms with E-state index < -0.39 is 29.4 Å². The molecule has 1 aromatic rings. The van der Waals surface area contributed by atoms with Gasteiger partial charge in [-0.15, -0.1) is 0 Å². The van der Waals surface area contributed by atoms with Gasteiger partial charge in [0.15, 0.2) is 0 Å². The van der Waals surface area contributed by atoms with Crippen LogP contribution in [-0.4, -0.2) is 42.4 Å². The highest BCUT2D eigenvalue weighted by Crippen LogP contribution is 2.29. The third-order valence-corrected chi connectivity index (χ3v) is 3.99. The summed E-state index contributed by atoms with van der Waals surface area (Å²) in [6.45, 7) is 1.46. The summed E-state index contributed by atoms with van der Waals surface area (Å²) < 4.78 is 0. The van der Waals surface area contributed by atoms with E-state index in [1.807, 2.05) is 0 Å². The molecule has 0 aliphatic carbocycles. The highest BCUT2D eigenvalue weighted by molar-refractivity contribution is 6.30. The molecule has 0 unspecified atom stereocenters. The second kappa shape index (κ2) is 6.88. The van der Waals surface area contributed by atoms with Crippen molar-refractivity contribution in [2.24, 2.45) is 0 Å². The van der Waals surface area contributed by atoms with Gasteiger partial charge in [-0.3, -0.25) is 19.8 Å². The fraction of sp³-hybridized carbons (Fsp3) is 0.333. The zero-order valence-corrected chi connectivity index (χ0v) is 13.9. The van der Waals surface area contributed by atoms with Crippen molar-refractivity contribution in [3.05, 3.63) is 34.9 Å². The average Bonchev–Trinajstić information content (AvgIpc) is 2.76. The zero-order chi connectivity index (χ0) is 17.9. The molecular formula is C15H17ClN4O4. The molecule has 0 radical (unpaired) electrons. The second-order valence-electron chi connectivity index (χ2n) is 5.40. The van der Waals surface area contributed by atoms with Gasteiger partial charge in [-0.2, -0.15) is 0 Å². The SMILES string of the molecule is CNC(=O)NC(=O)CCN1C(=O)N[C@@](C)(c2ccc(Cl)cc2)C1=O. The van der Waals surface area contributed by atoms with Gasteiger partial charge in [-0.1, -0.05) is 23.7 Å². The lowest BCUT2D eigenvalue weighted by molar-refractivity contribution is -0.131. The Balaban J connectivity index is 2.07. The van der Waals surface area contributed by atoms with Crippen molar-refractivity contribution < 1.29 is 19.2 Å². The Morgan fingerprint density at radius 1 is 1.25 bits per heavy atom. The molecule has 2 rings (SSSR count). The average molecular weight is 353 g/mol. The minimum absolute atomic E-state index is 0.128. The number of nitrogens with one attached hydrogen (secondary N) is 3. The lowest BCUT2D eigenvalue weighted by atomic mass is 9.92. The third-order valence-electron chi connectivity index (χ3n) is 3.74. The van der Waals surface area contributed by atoms with Crippen LogP contribution >= 0.6 is 11.6 Å². The van der Waals surface area contributed by atoms with Crippen LogP contribution in [0.2, 0.25) is 5.02 Å². The summed E-state index contributed by atoms with van der Waals surface area (Å²) in [5, 5.41) is 7.45. The molecule has 128 valence electrons. The van der Waals surface area contributed by atoms with Crippen LogP contribution in [0.3, 0.4) is 0 Å². The van der Waals surface area contributed by atoms with Crippen molar-refractivity contribution in [1.29, 1.82) is 0 Å². The van der Waals surface area contributed by atoms with Crippen LogP contribution in [0.5, 0.6) is 0 Å². The lowest BCUT2D eigenvalue weighted by Crippen LogP contribution is -2.42. The van der Waals surface area contributed by atoms with Gasteiger partial charge < -0.3 is 10.6 Å². The van der Waals surface area contributed by atoms with E-state index in [4.69, 9.17) is 11.6 Å². The van der Waals surface area contributed by atoms with E-state index in [9.17, 15) is 19.2 Å². The molecular weight excluding hydrogens is 336 g/mol. The molecule has 0 saturated carbocycles. The molecule has 8 nitrogen and oxygen atoms in total. The maximum Gasteiger partial charge on any atom is 0.325 e. The Morgan fingerprint density at radius 2 is 1.88 bits per heavy atom. The van der Waals surface area contributed by atoms with Gasteiger partial charge in [0.25, 0.3) is 5.91 Å². The van der Waals surface area contributed by atoms with Crippen LogP contribution in [0.15, 0.2) is 24.3 Å². The van der Waals surface area contributed by atoms with Crippen LogP contribution in [0.4, 0.5) is 9.59 Å². The molecule has 0 bridgehead atoms. The molecule has 1 fully saturated rings. The van der Waals surface area contributed by atoms with Crippen LogP contribution in [0, 0.1) is 0 Å². The fourth-order valence-corrected chi connectivity index (χ4v) is 2.47. The van der Waals surface area contributed by atoms with E-state index in [2.05, 4.69) is 16.0 Å². The second-order valence-corrected chi connectivity index (χ2v) is 5.83. The number of urea groups is 2. The van der Waals surface area contributed by atoms with Gasteiger partial charge in [0, 0.05) is 25.0 Å². The smallest absolute Gasteiger partial charge is 0.325 e. The number of benzene rings is 1. The zero-order valence-electron chi connectivity index (χ0n) is 13.2. The normalized spacial score (nSPS) is 19.9. The van der Waals surface area contributed by atoms with Crippen molar-refractivity contribution >= 4 is 35.5 Å². The predicted molar refractivity (Wildman–Crippen MR) is 86.3 cm³/mol. The number of imide groups is 2. The molecule has 0 aromatic heterocycles. The number of carbonyl (C=O) groups excluding carboxylic acids is 4. The molecule has 1 heterocycles. The van der Waals surface area contributed by atoms with Crippen molar-refractivity contribution in [3.8, 4) is 0 Å². The number of hydrogen-bond donors (Lipinski definition) is 3. The van der Waals surface area contributed by atoms with Crippen molar-refractivity contribution in [2.45, 2.75) is 18.9 Å². The number of carbonyl (C=O) groups is 4. The van der Waals surface area contributed by atoms with Crippen molar-refractivity contribution in [1.82, 2.24) is 20.9 Å². The van der Waals surface area contributed by atoms with E-state index in [-0.39, 0.29) is 13.0 Å². The minimum Gasteiger partial charge on any atom is -0.341 e. The molecule has 1 aliphatic rings. The molecule has 3 N–H and O–H groups in total. The Kier molecular flexibility index (Phi) is 5.08. The summed E-state index contributed by atoms with van der Waals surface area (Å²) in [7, 11) is 1.37. The monoisotopic (exact) mass is 352 g/mol. The molecule has 1 aromatic carbocycles.